The Morgan fingerprint density at radius 1 is 1.32 bits per heavy atom. The summed E-state index contributed by atoms with van der Waals surface area (Å²) in [6.07, 6.45) is 1.80. The molecule has 0 radical (unpaired) electrons. The summed E-state index contributed by atoms with van der Waals surface area (Å²) < 4.78 is 5.18. The topological polar surface area (TPSA) is 41.6 Å². The lowest BCUT2D eigenvalue weighted by atomic mass is 9.95. The van der Waals surface area contributed by atoms with Gasteiger partial charge in [0, 0.05) is 6.04 Å². The number of nitrogens with zero attached hydrogens (tertiary/aromatic N) is 1. The predicted octanol–water partition coefficient (Wildman–Crippen LogP) is 2.43. The molecule has 0 aliphatic rings. The van der Waals surface area contributed by atoms with Crippen molar-refractivity contribution in [3.63, 3.8) is 0 Å². The number of carbonyl (C=O) groups excluding carboxylic acids is 1. The Hall–Kier alpha value is -0.610. The summed E-state index contributed by atoms with van der Waals surface area (Å²) in [4.78, 5) is 14.4. The molecule has 0 fully saturated rings. The van der Waals surface area contributed by atoms with Crippen molar-refractivity contribution < 1.29 is 9.53 Å². The van der Waals surface area contributed by atoms with Gasteiger partial charge in [-0.25, -0.2) is 0 Å². The Kier molecular flexibility index (Phi) is 9.02. The fourth-order valence-electron chi connectivity index (χ4n) is 2.36. The molecular weight excluding hydrogens is 240 g/mol. The average molecular weight is 272 g/mol. The second kappa shape index (κ2) is 9.32. The van der Waals surface area contributed by atoms with Gasteiger partial charge in [-0.05, 0) is 60.2 Å². The van der Waals surface area contributed by atoms with Gasteiger partial charge < -0.3 is 15.0 Å². The average Bonchev–Trinajstić information content (AvgIpc) is 2.34. The molecule has 19 heavy (non-hydrogen) atoms. The van der Waals surface area contributed by atoms with E-state index in [9.17, 15) is 4.79 Å². The third-order valence-corrected chi connectivity index (χ3v) is 3.55. The number of likely N-dealkylation sites (N-methyl/N-ethyl adjacent to an activating group) is 1. The monoisotopic (exact) mass is 272 g/mol. The van der Waals surface area contributed by atoms with Crippen LogP contribution in [-0.4, -0.2) is 48.7 Å². The molecule has 0 heterocycles. The number of carbonyl (C=O) groups is 1. The van der Waals surface area contributed by atoms with E-state index >= 15 is 0 Å². The second-order valence-corrected chi connectivity index (χ2v) is 5.41. The quantitative estimate of drug-likeness (QED) is 0.620. The maximum atomic E-state index is 12.0. The zero-order valence-electron chi connectivity index (χ0n) is 13.6. The van der Waals surface area contributed by atoms with Crippen LogP contribution in [0.3, 0.4) is 0 Å². The summed E-state index contributed by atoms with van der Waals surface area (Å²) in [7, 11) is 0. The number of hydrogen-bond acceptors (Lipinski definition) is 4. The van der Waals surface area contributed by atoms with Crippen LogP contribution in [0.2, 0.25) is 0 Å². The molecule has 4 heteroatoms. The molecule has 4 nitrogen and oxygen atoms in total. The summed E-state index contributed by atoms with van der Waals surface area (Å²) in [6.45, 7) is 15.7. The van der Waals surface area contributed by atoms with Crippen LogP contribution in [0.15, 0.2) is 0 Å². The van der Waals surface area contributed by atoms with Gasteiger partial charge in [-0.2, -0.15) is 0 Å². The first-order chi connectivity index (χ1) is 8.91. The summed E-state index contributed by atoms with van der Waals surface area (Å²) >= 11 is 0. The predicted molar refractivity (Wildman–Crippen MR) is 80.3 cm³/mol. The van der Waals surface area contributed by atoms with Crippen molar-refractivity contribution in [1.82, 2.24) is 10.2 Å². The molecular formula is C15H32N2O2. The van der Waals surface area contributed by atoms with Gasteiger partial charge >= 0.3 is 5.97 Å². The van der Waals surface area contributed by atoms with Crippen molar-refractivity contribution in [2.75, 3.05) is 26.2 Å². The zero-order valence-corrected chi connectivity index (χ0v) is 13.6. The summed E-state index contributed by atoms with van der Waals surface area (Å²) in [5.41, 5.74) is -0.554. The lowest BCUT2D eigenvalue weighted by Crippen LogP contribution is -2.50. The Labute approximate surface area is 118 Å². The Bertz CT molecular complexity index is 257. The Morgan fingerprint density at radius 2 is 1.95 bits per heavy atom. The molecule has 0 aliphatic heterocycles. The molecule has 0 amide bonds. The lowest BCUT2D eigenvalue weighted by molar-refractivity contribution is -0.150. The lowest BCUT2D eigenvalue weighted by Gasteiger charge is -2.30. The highest BCUT2D eigenvalue weighted by Crippen LogP contribution is 2.16. The molecule has 1 N–H and O–H groups in total. The van der Waals surface area contributed by atoms with E-state index in [1.54, 1.807) is 0 Å². The molecule has 0 saturated heterocycles. The fraction of sp³-hybridized carbons (Fsp3) is 0.933. The van der Waals surface area contributed by atoms with Crippen molar-refractivity contribution in [1.29, 1.82) is 0 Å². The molecule has 0 aromatic heterocycles. The van der Waals surface area contributed by atoms with Crippen molar-refractivity contribution in [3.8, 4) is 0 Å². The molecule has 0 aliphatic carbocycles. The van der Waals surface area contributed by atoms with E-state index in [4.69, 9.17) is 4.74 Å². The van der Waals surface area contributed by atoms with Gasteiger partial charge in [0.15, 0.2) is 0 Å². The molecule has 0 spiro atoms. The molecule has 1 atom stereocenters. The highest BCUT2D eigenvalue weighted by molar-refractivity contribution is 5.80. The van der Waals surface area contributed by atoms with Gasteiger partial charge in [0.1, 0.15) is 5.54 Å². The van der Waals surface area contributed by atoms with Crippen molar-refractivity contribution in [2.45, 2.75) is 66.0 Å². The Morgan fingerprint density at radius 3 is 2.37 bits per heavy atom. The van der Waals surface area contributed by atoms with E-state index < -0.39 is 5.54 Å². The van der Waals surface area contributed by atoms with Gasteiger partial charge in [-0.15, -0.1) is 0 Å². The maximum absolute atomic E-state index is 12.0. The van der Waals surface area contributed by atoms with Crippen LogP contribution in [-0.2, 0) is 9.53 Å². The largest absolute Gasteiger partial charge is 0.465 e. The minimum atomic E-state index is -0.554. The van der Waals surface area contributed by atoms with E-state index in [0.29, 0.717) is 12.6 Å². The number of esters is 1. The van der Waals surface area contributed by atoms with Crippen molar-refractivity contribution in [2.24, 2.45) is 0 Å². The molecule has 114 valence electrons. The van der Waals surface area contributed by atoms with Gasteiger partial charge in [0.25, 0.3) is 0 Å². The van der Waals surface area contributed by atoms with Crippen molar-refractivity contribution >= 4 is 5.97 Å². The highest BCUT2D eigenvalue weighted by atomic mass is 16.5. The van der Waals surface area contributed by atoms with Crippen LogP contribution < -0.4 is 5.32 Å². The SMILES string of the molecule is CCNC(C)(CCCN(CC)C(C)C)C(=O)OCC. The number of hydrogen-bond donors (Lipinski definition) is 1. The minimum Gasteiger partial charge on any atom is -0.465 e. The highest BCUT2D eigenvalue weighted by Gasteiger charge is 2.33. The van der Waals surface area contributed by atoms with E-state index in [1.807, 2.05) is 20.8 Å². The fourth-order valence-corrected chi connectivity index (χ4v) is 2.36. The second-order valence-electron chi connectivity index (χ2n) is 5.41. The van der Waals surface area contributed by atoms with Crippen LogP contribution >= 0.6 is 0 Å². The third-order valence-electron chi connectivity index (χ3n) is 3.55. The molecule has 0 aromatic carbocycles. The van der Waals surface area contributed by atoms with Gasteiger partial charge in [-0.1, -0.05) is 13.8 Å². The van der Waals surface area contributed by atoms with Crippen LogP contribution in [0.5, 0.6) is 0 Å². The first kappa shape index (κ1) is 18.4. The molecule has 0 saturated carbocycles. The van der Waals surface area contributed by atoms with Gasteiger partial charge in [-0.3, -0.25) is 4.79 Å². The first-order valence-corrected chi connectivity index (χ1v) is 7.57. The van der Waals surface area contributed by atoms with E-state index in [0.717, 1.165) is 32.5 Å². The summed E-state index contributed by atoms with van der Waals surface area (Å²) in [6, 6.07) is 0.554. The Balaban J connectivity index is 4.38. The molecule has 0 bridgehead atoms. The smallest absolute Gasteiger partial charge is 0.326 e. The van der Waals surface area contributed by atoms with Crippen molar-refractivity contribution in [3.05, 3.63) is 0 Å². The van der Waals surface area contributed by atoms with Crippen LogP contribution in [0.25, 0.3) is 0 Å². The minimum absolute atomic E-state index is 0.135. The normalized spacial score (nSPS) is 14.7. The molecule has 1 unspecified atom stereocenters. The summed E-state index contributed by atoms with van der Waals surface area (Å²) in [5.74, 6) is -0.135. The first-order valence-electron chi connectivity index (χ1n) is 7.57. The molecule has 0 aromatic rings. The standard InChI is InChI=1S/C15H32N2O2/c1-7-16-15(6,14(18)19-9-3)11-10-12-17(8-2)13(4)5/h13,16H,7-12H2,1-6H3. The van der Waals surface area contributed by atoms with Crippen LogP contribution in [0.1, 0.15) is 54.4 Å². The zero-order chi connectivity index (χ0) is 14.9. The summed E-state index contributed by atoms with van der Waals surface area (Å²) in [5, 5.41) is 3.27. The third kappa shape index (κ3) is 6.39. The molecule has 0 rings (SSSR count). The number of nitrogens with one attached hydrogen (secondary N) is 1. The van der Waals surface area contributed by atoms with Gasteiger partial charge in [0.05, 0.1) is 6.61 Å². The number of rotatable bonds is 10. The van der Waals surface area contributed by atoms with E-state index in [-0.39, 0.29) is 5.97 Å². The number of ether oxygens (including phenoxy) is 1. The maximum Gasteiger partial charge on any atom is 0.326 e. The van der Waals surface area contributed by atoms with E-state index in [2.05, 4.69) is 31.0 Å². The van der Waals surface area contributed by atoms with Crippen LogP contribution in [0.4, 0.5) is 0 Å². The van der Waals surface area contributed by atoms with Gasteiger partial charge in [0.2, 0.25) is 0 Å². The van der Waals surface area contributed by atoms with Crippen LogP contribution in [0, 0.1) is 0 Å². The van der Waals surface area contributed by atoms with E-state index in [1.165, 1.54) is 0 Å².